The van der Waals surface area contributed by atoms with E-state index < -0.39 is 21.5 Å². The Kier molecular flexibility index (Phi) is 6.13. The summed E-state index contributed by atoms with van der Waals surface area (Å²) in [4.78, 5) is 12.5. The lowest BCUT2D eigenvalue weighted by Crippen LogP contribution is -2.21. The Labute approximate surface area is 163 Å². The Bertz CT molecular complexity index is 950. The van der Waals surface area contributed by atoms with Crippen LogP contribution >= 0.6 is 0 Å². The van der Waals surface area contributed by atoms with Gasteiger partial charge < -0.3 is 5.32 Å². The summed E-state index contributed by atoms with van der Waals surface area (Å²) in [6, 6.07) is 10.7. The molecule has 0 spiro atoms. The minimum Gasteiger partial charge on any atom is -0.323 e. The zero-order chi connectivity index (χ0) is 20.3. The van der Waals surface area contributed by atoms with Gasteiger partial charge in [0.2, 0.25) is 5.91 Å². The van der Waals surface area contributed by atoms with E-state index >= 15 is 0 Å². The molecule has 1 fully saturated rings. The second-order valence-electron chi connectivity index (χ2n) is 7.41. The molecule has 0 aromatic heterocycles. The highest BCUT2D eigenvalue weighted by molar-refractivity contribution is 7.90. The van der Waals surface area contributed by atoms with Crippen molar-refractivity contribution < 1.29 is 22.0 Å². The highest BCUT2D eigenvalue weighted by atomic mass is 32.2. The minimum absolute atomic E-state index is 0.135. The zero-order valence-electron chi connectivity index (χ0n) is 15.6. The Morgan fingerprint density at radius 3 is 2.29 bits per heavy atom. The maximum atomic E-state index is 13.7. The molecule has 2 aromatic rings. The van der Waals surface area contributed by atoms with Crippen molar-refractivity contribution in [2.24, 2.45) is 5.92 Å². The summed E-state index contributed by atoms with van der Waals surface area (Å²) in [5.74, 6) is -1.81. The van der Waals surface area contributed by atoms with Gasteiger partial charge in [-0.15, -0.1) is 0 Å². The molecule has 28 heavy (non-hydrogen) atoms. The molecule has 2 aromatic carbocycles. The summed E-state index contributed by atoms with van der Waals surface area (Å²) in [6.07, 6.45) is 4.99. The molecule has 150 valence electrons. The number of amides is 1. The number of carbonyl (C=O) groups excluding carboxylic acids is 1. The Balaban J connectivity index is 1.52. The SMILES string of the molecule is CS(=O)(=O)c1ccc(C2CCC(CC(=O)Nc3cccc(F)c3F)CC2)cc1. The van der Waals surface area contributed by atoms with Gasteiger partial charge in [-0.2, -0.15) is 0 Å². The van der Waals surface area contributed by atoms with Crippen LogP contribution in [0, 0.1) is 17.6 Å². The molecule has 7 heteroatoms. The molecule has 0 bridgehead atoms. The largest absolute Gasteiger partial charge is 0.323 e. The molecule has 4 nitrogen and oxygen atoms in total. The molecule has 3 rings (SSSR count). The normalized spacial score (nSPS) is 20.0. The van der Waals surface area contributed by atoms with E-state index in [1.807, 2.05) is 12.1 Å². The van der Waals surface area contributed by atoms with Crippen LogP contribution in [-0.2, 0) is 14.6 Å². The monoisotopic (exact) mass is 407 g/mol. The van der Waals surface area contributed by atoms with Gasteiger partial charge in [-0.05, 0) is 67.3 Å². The van der Waals surface area contributed by atoms with E-state index in [9.17, 15) is 22.0 Å². The van der Waals surface area contributed by atoms with Crippen LogP contribution in [-0.4, -0.2) is 20.6 Å². The average Bonchev–Trinajstić information content (AvgIpc) is 2.65. The second kappa shape index (κ2) is 8.39. The molecule has 1 N–H and O–H groups in total. The average molecular weight is 407 g/mol. The number of hydrogen-bond acceptors (Lipinski definition) is 3. The maximum Gasteiger partial charge on any atom is 0.224 e. The van der Waals surface area contributed by atoms with Gasteiger partial charge in [0, 0.05) is 12.7 Å². The second-order valence-corrected chi connectivity index (χ2v) is 9.43. The highest BCUT2D eigenvalue weighted by Gasteiger charge is 2.25. The van der Waals surface area contributed by atoms with Crippen molar-refractivity contribution in [3.63, 3.8) is 0 Å². The number of halogens is 2. The van der Waals surface area contributed by atoms with Gasteiger partial charge in [-0.1, -0.05) is 18.2 Å². The molecule has 0 atom stereocenters. The quantitative estimate of drug-likeness (QED) is 0.783. The fourth-order valence-corrected chi connectivity index (χ4v) is 4.38. The number of hydrogen-bond donors (Lipinski definition) is 1. The number of nitrogens with one attached hydrogen (secondary N) is 1. The summed E-state index contributed by atoms with van der Waals surface area (Å²) in [5.41, 5.74) is 0.974. The lowest BCUT2D eigenvalue weighted by Gasteiger charge is -2.28. The lowest BCUT2D eigenvalue weighted by molar-refractivity contribution is -0.117. The van der Waals surface area contributed by atoms with Crippen LogP contribution < -0.4 is 5.32 Å². The third-order valence-corrected chi connectivity index (χ3v) is 6.45. The Hall–Kier alpha value is -2.28. The first-order valence-corrected chi connectivity index (χ1v) is 11.2. The molecule has 0 saturated heterocycles. The minimum atomic E-state index is -3.20. The molecule has 0 aliphatic heterocycles. The summed E-state index contributed by atoms with van der Waals surface area (Å²) in [7, 11) is -3.20. The van der Waals surface area contributed by atoms with E-state index in [-0.39, 0.29) is 23.9 Å². The van der Waals surface area contributed by atoms with Crippen molar-refractivity contribution in [1.82, 2.24) is 0 Å². The van der Waals surface area contributed by atoms with Crippen molar-refractivity contribution in [1.29, 1.82) is 0 Å². The van der Waals surface area contributed by atoms with Gasteiger partial charge in [0.1, 0.15) is 0 Å². The number of carbonyl (C=O) groups is 1. The van der Waals surface area contributed by atoms with E-state index in [4.69, 9.17) is 0 Å². The van der Waals surface area contributed by atoms with Gasteiger partial charge in [-0.3, -0.25) is 4.79 Å². The van der Waals surface area contributed by atoms with Gasteiger partial charge in [0.15, 0.2) is 21.5 Å². The van der Waals surface area contributed by atoms with E-state index in [2.05, 4.69) is 5.32 Å². The van der Waals surface area contributed by atoms with Gasteiger partial charge in [0.05, 0.1) is 10.6 Å². The molecule has 0 unspecified atom stereocenters. The molecule has 1 saturated carbocycles. The number of anilines is 1. The van der Waals surface area contributed by atoms with Gasteiger partial charge in [0.25, 0.3) is 0 Å². The summed E-state index contributed by atoms with van der Waals surface area (Å²) in [6.45, 7) is 0. The van der Waals surface area contributed by atoms with Crippen LogP contribution in [0.4, 0.5) is 14.5 Å². The summed E-state index contributed by atoms with van der Waals surface area (Å²) < 4.78 is 50.0. The van der Waals surface area contributed by atoms with Crippen LogP contribution in [0.2, 0.25) is 0 Å². The fraction of sp³-hybridized carbons (Fsp3) is 0.381. The van der Waals surface area contributed by atoms with Crippen molar-refractivity contribution in [3.05, 3.63) is 59.7 Å². The van der Waals surface area contributed by atoms with E-state index in [0.717, 1.165) is 37.3 Å². The highest BCUT2D eigenvalue weighted by Crippen LogP contribution is 2.37. The molecule has 1 amide bonds. The molecular weight excluding hydrogens is 384 g/mol. The molecule has 1 aliphatic rings. The molecular formula is C21H23F2NO3S. The standard InChI is InChI=1S/C21H23F2NO3S/c1-28(26,27)17-11-9-16(10-12-17)15-7-5-14(6-8-15)13-20(25)24-19-4-2-3-18(22)21(19)23/h2-4,9-12,14-15H,5-8,13H2,1H3,(H,24,25). The van der Waals surface area contributed by atoms with E-state index in [0.29, 0.717) is 10.8 Å². The topological polar surface area (TPSA) is 63.2 Å². The zero-order valence-corrected chi connectivity index (χ0v) is 16.4. The predicted octanol–water partition coefficient (Wildman–Crippen LogP) is 4.67. The van der Waals surface area contributed by atoms with E-state index in [1.165, 1.54) is 18.4 Å². The van der Waals surface area contributed by atoms with Crippen molar-refractivity contribution in [2.45, 2.75) is 42.9 Å². The van der Waals surface area contributed by atoms with Gasteiger partial charge >= 0.3 is 0 Å². The first-order chi connectivity index (χ1) is 13.2. The summed E-state index contributed by atoms with van der Waals surface area (Å²) >= 11 is 0. The lowest BCUT2D eigenvalue weighted by atomic mass is 9.77. The number of benzene rings is 2. The van der Waals surface area contributed by atoms with Crippen LogP contribution in [0.3, 0.4) is 0 Å². The maximum absolute atomic E-state index is 13.7. The first kappa shape index (κ1) is 20.5. The summed E-state index contributed by atoms with van der Waals surface area (Å²) in [5, 5.41) is 2.45. The van der Waals surface area contributed by atoms with Crippen LogP contribution in [0.15, 0.2) is 47.4 Å². The molecule has 0 radical (unpaired) electrons. The molecule has 1 aliphatic carbocycles. The van der Waals surface area contributed by atoms with Crippen LogP contribution in [0.5, 0.6) is 0 Å². The molecule has 0 heterocycles. The Morgan fingerprint density at radius 2 is 1.68 bits per heavy atom. The predicted molar refractivity (Wildman–Crippen MR) is 104 cm³/mol. The van der Waals surface area contributed by atoms with Crippen molar-refractivity contribution in [2.75, 3.05) is 11.6 Å². The van der Waals surface area contributed by atoms with E-state index in [1.54, 1.807) is 12.1 Å². The van der Waals surface area contributed by atoms with Crippen LogP contribution in [0.25, 0.3) is 0 Å². The van der Waals surface area contributed by atoms with Crippen molar-refractivity contribution >= 4 is 21.4 Å². The smallest absolute Gasteiger partial charge is 0.224 e. The van der Waals surface area contributed by atoms with Gasteiger partial charge in [-0.25, -0.2) is 17.2 Å². The Morgan fingerprint density at radius 1 is 1.04 bits per heavy atom. The van der Waals surface area contributed by atoms with Crippen molar-refractivity contribution in [3.8, 4) is 0 Å². The number of sulfone groups is 1. The third kappa shape index (κ3) is 4.95. The van der Waals surface area contributed by atoms with Crippen LogP contribution in [0.1, 0.15) is 43.6 Å². The first-order valence-electron chi connectivity index (χ1n) is 9.28. The third-order valence-electron chi connectivity index (χ3n) is 5.33. The fourth-order valence-electron chi connectivity index (χ4n) is 3.75. The number of rotatable bonds is 5.